The highest BCUT2D eigenvalue weighted by Crippen LogP contribution is 2.05. The summed E-state index contributed by atoms with van der Waals surface area (Å²) in [5.41, 5.74) is 1.80. The number of hydrogen-bond donors (Lipinski definition) is 0. The van der Waals surface area contributed by atoms with Crippen LogP contribution in [-0.4, -0.2) is 19.0 Å². The fourth-order valence-corrected chi connectivity index (χ4v) is 0.904. The fraction of sp³-hybridized carbons (Fsp3) is 0.182. The molecule has 0 fully saturated rings. The van der Waals surface area contributed by atoms with Crippen molar-refractivity contribution in [2.75, 3.05) is 14.1 Å². The van der Waals surface area contributed by atoms with Crippen molar-refractivity contribution in [3.8, 4) is 6.07 Å². The molecule has 0 heterocycles. The largest absolute Gasteiger partial charge is 0.383 e. The summed E-state index contributed by atoms with van der Waals surface area (Å²) in [6.45, 7) is 0. The molecule has 0 radical (unpaired) electrons. The van der Waals surface area contributed by atoms with Crippen molar-refractivity contribution in [3.05, 3.63) is 41.6 Å². The lowest BCUT2D eigenvalue weighted by molar-refractivity contribution is 0.567. The lowest BCUT2D eigenvalue weighted by Gasteiger charge is -2.02. The summed E-state index contributed by atoms with van der Waals surface area (Å²) in [6, 6.07) is 9.57. The molecule has 13 heavy (non-hydrogen) atoms. The van der Waals surface area contributed by atoms with Crippen LogP contribution in [0.25, 0.3) is 6.08 Å². The Balaban J connectivity index is 2.76. The number of hydrogen-bond acceptors (Lipinski definition) is 2. The third kappa shape index (κ3) is 3.00. The van der Waals surface area contributed by atoms with Crippen molar-refractivity contribution >= 4 is 6.08 Å². The van der Waals surface area contributed by atoms with E-state index in [2.05, 4.69) is 6.07 Å². The molecular formula is C11H12N2. The first-order chi connectivity index (χ1) is 6.22. The lowest BCUT2D eigenvalue weighted by Crippen LogP contribution is -1.99. The van der Waals surface area contributed by atoms with Gasteiger partial charge < -0.3 is 4.90 Å². The Morgan fingerprint density at radius 2 is 1.85 bits per heavy atom. The van der Waals surface area contributed by atoms with Crippen molar-refractivity contribution in [1.82, 2.24) is 4.90 Å². The van der Waals surface area contributed by atoms with Gasteiger partial charge in [0.2, 0.25) is 0 Å². The maximum Gasteiger partial charge on any atom is 0.0991 e. The maximum absolute atomic E-state index is 8.57. The maximum atomic E-state index is 8.57. The normalized spacial score (nSPS) is 9.92. The SMILES string of the molecule is CN(C)/C=C/c1ccc(C#N)cc1. The summed E-state index contributed by atoms with van der Waals surface area (Å²) >= 11 is 0. The number of benzene rings is 1. The minimum atomic E-state index is 0.696. The molecule has 2 nitrogen and oxygen atoms in total. The molecule has 2 heteroatoms. The molecule has 1 aromatic rings. The van der Waals surface area contributed by atoms with E-state index in [-0.39, 0.29) is 0 Å². The van der Waals surface area contributed by atoms with Gasteiger partial charge in [-0.2, -0.15) is 5.26 Å². The topological polar surface area (TPSA) is 27.0 Å². The summed E-state index contributed by atoms with van der Waals surface area (Å²) in [5, 5.41) is 8.57. The van der Waals surface area contributed by atoms with Crippen LogP contribution in [0.15, 0.2) is 30.5 Å². The van der Waals surface area contributed by atoms with E-state index in [4.69, 9.17) is 5.26 Å². The zero-order valence-electron chi connectivity index (χ0n) is 7.86. The summed E-state index contributed by atoms with van der Waals surface area (Å²) in [7, 11) is 3.94. The van der Waals surface area contributed by atoms with Crippen LogP contribution in [0.5, 0.6) is 0 Å². The van der Waals surface area contributed by atoms with Gasteiger partial charge in [-0.3, -0.25) is 0 Å². The van der Waals surface area contributed by atoms with Gasteiger partial charge in [-0.25, -0.2) is 0 Å². The Hall–Kier alpha value is -1.75. The highest BCUT2D eigenvalue weighted by molar-refractivity contribution is 5.50. The third-order valence-corrected chi connectivity index (χ3v) is 1.60. The monoisotopic (exact) mass is 172 g/mol. The van der Waals surface area contributed by atoms with Crippen molar-refractivity contribution in [2.45, 2.75) is 0 Å². The van der Waals surface area contributed by atoms with E-state index >= 15 is 0 Å². The van der Waals surface area contributed by atoms with Crippen LogP contribution in [0.2, 0.25) is 0 Å². The Morgan fingerprint density at radius 3 is 2.31 bits per heavy atom. The Labute approximate surface area is 78.7 Å². The van der Waals surface area contributed by atoms with E-state index in [1.54, 1.807) is 0 Å². The molecule has 1 aromatic carbocycles. The zero-order chi connectivity index (χ0) is 9.68. The first kappa shape index (κ1) is 9.34. The molecule has 0 aromatic heterocycles. The highest BCUT2D eigenvalue weighted by Gasteiger charge is 1.88. The van der Waals surface area contributed by atoms with Crippen LogP contribution in [-0.2, 0) is 0 Å². The Kier molecular flexibility index (Phi) is 3.10. The van der Waals surface area contributed by atoms with Crippen molar-refractivity contribution in [3.63, 3.8) is 0 Å². The molecule has 0 saturated carbocycles. The molecule has 1 rings (SSSR count). The fourth-order valence-electron chi connectivity index (χ4n) is 0.904. The number of rotatable bonds is 2. The third-order valence-electron chi connectivity index (χ3n) is 1.60. The standard InChI is InChI=1S/C11H12N2/c1-13(2)8-7-10-3-5-11(9-12)6-4-10/h3-8H,1-2H3/b8-7+. The average Bonchev–Trinajstić information content (AvgIpc) is 2.15. The summed E-state index contributed by atoms with van der Waals surface area (Å²) < 4.78 is 0. The van der Waals surface area contributed by atoms with E-state index < -0.39 is 0 Å². The molecule has 0 N–H and O–H groups in total. The van der Waals surface area contributed by atoms with Crippen molar-refractivity contribution < 1.29 is 0 Å². The molecule has 0 bridgehead atoms. The second-order valence-corrected chi connectivity index (χ2v) is 3.01. The minimum absolute atomic E-state index is 0.696. The molecule has 0 aliphatic rings. The zero-order valence-corrected chi connectivity index (χ0v) is 7.86. The van der Waals surface area contributed by atoms with Gasteiger partial charge in [0.25, 0.3) is 0 Å². The van der Waals surface area contributed by atoms with E-state index in [0.29, 0.717) is 5.56 Å². The van der Waals surface area contributed by atoms with Crippen LogP contribution >= 0.6 is 0 Å². The molecule has 66 valence electrons. The predicted molar refractivity (Wildman–Crippen MR) is 53.9 cm³/mol. The van der Waals surface area contributed by atoms with E-state index in [1.807, 2.05) is 55.5 Å². The second kappa shape index (κ2) is 4.32. The van der Waals surface area contributed by atoms with Gasteiger partial charge in [-0.1, -0.05) is 12.1 Å². The minimum Gasteiger partial charge on any atom is -0.383 e. The summed E-state index contributed by atoms with van der Waals surface area (Å²) in [6.07, 6.45) is 3.97. The molecule has 0 spiro atoms. The van der Waals surface area contributed by atoms with Crippen LogP contribution in [0.4, 0.5) is 0 Å². The van der Waals surface area contributed by atoms with E-state index in [1.165, 1.54) is 0 Å². The molecule has 0 atom stereocenters. The van der Waals surface area contributed by atoms with Gasteiger partial charge in [0.1, 0.15) is 0 Å². The molecule has 0 aliphatic carbocycles. The van der Waals surface area contributed by atoms with Gasteiger partial charge in [-0.15, -0.1) is 0 Å². The highest BCUT2D eigenvalue weighted by atomic mass is 15.0. The van der Waals surface area contributed by atoms with E-state index in [0.717, 1.165) is 5.56 Å². The molecule has 0 aliphatic heterocycles. The second-order valence-electron chi connectivity index (χ2n) is 3.01. The van der Waals surface area contributed by atoms with E-state index in [9.17, 15) is 0 Å². The Morgan fingerprint density at radius 1 is 1.23 bits per heavy atom. The molecular weight excluding hydrogens is 160 g/mol. The smallest absolute Gasteiger partial charge is 0.0991 e. The van der Waals surface area contributed by atoms with Gasteiger partial charge in [0, 0.05) is 14.1 Å². The first-order valence-electron chi connectivity index (χ1n) is 4.07. The van der Waals surface area contributed by atoms with Gasteiger partial charge in [-0.05, 0) is 30.0 Å². The van der Waals surface area contributed by atoms with Crippen LogP contribution in [0, 0.1) is 11.3 Å². The molecule has 0 saturated heterocycles. The van der Waals surface area contributed by atoms with Gasteiger partial charge >= 0.3 is 0 Å². The summed E-state index contributed by atoms with van der Waals surface area (Å²) in [4.78, 5) is 1.97. The predicted octanol–water partition coefficient (Wildman–Crippen LogP) is 2.09. The first-order valence-corrected chi connectivity index (χ1v) is 4.07. The lowest BCUT2D eigenvalue weighted by atomic mass is 10.1. The van der Waals surface area contributed by atoms with Crippen LogP contribution in [0.3, 0.4) is 0 Å². The van der Waals surface area contributed by atoms with Gasteiger partial charge in [0.05, 0.1) is 11.6 Å². The van der Waals surface area contributed by atoms with Gasteiger partial charge in [0.15, 0.2) is 0 Å². The van der Waals surface area contributed by atoms with Crippen molar-refractivity contribution in [2.24, 2.45) is 0 Å². The van der Waals surface area contributed by atoms with Crippen LogP contribution < -0.4 is 0 Å². The van der Waals surface area contributed by atoms with Crippen molar-refractivity contribution in [1.29, 1.82) is 5.26 Å². The Bertz CT molecular complexity index is 328. The number of nitriles is 1. The van der Waals surface area contributed by atoms with Crippen LogP contribution in [0.1, 0.15) is 11.1 Å². The quantitative estimate of drug-likeness (QED) is 0.683. The average molecular weight is 172 g/mol. The number of nitrogens with zero attached hydrogens (tertiary/aromatic N) is 2. The summed E-state index contributed by atoms with van der Waals surface area (Å²) in [5.74, 6) is 0. The molecule has 0 unspecified atom stereocenters. The molecule has 0 amide bonds.